The van der Waals surface area contributed by atoms with E-state index in [-0.39, 0.29) is 0 Å². The minimum absolute atomic E-state index is 0.531. The van der Waals surface area contributed by atoms with Gasteiger partial charge in [-0.1, -0.05) is 30.4 Å². The van der Waals surface area contributed by atoms with E-state index in [4.69, 9.17) is 0 Å². The minimum atomic E-state index is 0.531. The molecule has 4 heterocycles. The van der Waals surface area contributed by atoms with Crippen LogP contribution < -0.4 is 10.6 Å². The third kappa shape index (κ3) is 5.40. The Morgan fingerprint density at radius 1 is 1.05 bits per heavy atom. The number of nitrogens with one attached hydrogen (secondary N) is 3. The number of anilines is 2. The minimum Gasteiger partial charge on any atom is -0.361 e. The summed E-state index contributed by atoms with van der Waals surface area (Å²) >= 11 is 0. The number of fused-ring (bicyclic) bond motifs is 1. The number of rotatable bonds is 7. The number of nitriles is 1. The largest absolute Gasteiger partial charge is 0.361 e. The van der Waals surface area contributed by atoms with Crippen molar-refractivity contribution in [2.45, 2.75) is 51.6 Å². The van der Waals surface area contributed by atoms with Gasteiger partial charge in [-0.2, -0.15) is 5.26 Å². The summed E-state index contributed by atoms with van der Waals surface area (Å²) in [6, 6.07) is 18.3. The molecule has 0 saturated carbocycles. The summed E-state index contributed by atoms with van der Waals surface area (Å²) in [6.07, 6.45) is 16.3. The molecule has 40 heavy (non-hydrogen) atoms. The number of piperidine rings is 2. The Bertz CT molecular complexity index is 1550. The van der Waals surface area contributed by atoms with Crippen LogP contribution in [0.25, 0.3) is 23.1 Å². The van der Waals surface area contributed by atoms with Crippen molar-refractivity contribution < 1.29 is 4.48 Å². The number of aromatic nitrogens is 2. The number of hydrogen-bond donors (Lipinski definition) is 3. The average Bonchev–Trinajstić information content (AvgIpc) is 3.49. The summed E-state index contributed by atoms with van der Waals surface area (Å²) in [5.41, 5.74) is 8.04. The summed E-state index contributed by atoms with van der Waals surface area (Å²) in [5.74, 6) is 0. The van der Waals surface area contributed by atoms with Gasteiger partial charge in [-0.3, -0.25) is 4.98 Å². The molecular weight excluding hydrogens is 492 g/mol. The van der Waals surface area contributed by atoms with Gasteiger partial charge in [0.25, 0.3) is 0 Å². The molecule has 2 aromatic heterocycles. The molecule has 6 rings (SSSR count). The summed E-state index contributed by atoms with van der Waals surface area (Å²) < 4.78 is 1.25. The van der Waals surface area contributed by atoms with Crippen LogP contribution in [0.2, 0.25) is 0 Å². The highest BCUT2D eigenvalue weighted by Crippen LogP contribution is 2.33. The Kier molecular flexibility index (Phi) is 7.68. The number of hydrogen-bond acceptors (Lipinski definition) is 4. The summed E-state index contributed by atoms with van der Waals surface area (Å²) in [4.78, 5) is 7.63. The van der Waals surface area contributed by atoms with Crippen LogP contribution in [-0.4, -0.2) is 46.7 Å². The fourth-order valence-electron chi connectivity index (χ4n) is 6.87. The van der Waals surface area contributed by atoms with Crippen molar-refractivity contribution in [1.29, 1.82) is 5.26 Å². The molecule has 0 radical (unpaired) electrons. The van der Waals surface area contributed by atoms with Crippen molar-refractivity contribution in [2.75, 3.05) is 31.5 Å². The van der Waals surface area contributed by atoms with Crippen LogP contribution in [0.1, 0.15) is 59.9 Å². The van der Waals surface area contributed by atoms with E-state index in [2.05, 4.69) is 88.2 Å². The van der Waals surface area contributed by atoms with Gasteiger partial charge in [0, 0.05) is 72.2 Å². The first-order valence-electron chi connectivity index (χ1n) is 14.7. The number of aromatic amines is 1. The maximum atomic E-state index is 9.87. The lowest BCUT2D eigenvalue weighted by atomic mass is 9.95. The van der Waals surface area contributed by atoms with Crippen molar-refractivity contribution in [3.63, 3.8) is 0 Å². The number of likely N-dealkylation sites (tertiary alicyclic amines) is 1. The Hall–Kier alpha value is -3.92. The van der Waals surface area contributed by atoms with E-state index in [0.717, 1.165) is 53.7 Å². The predicted octanol–water partition coefficient (Wildman–Crippen LogP) is 6.91. The molecule has 0 atom stereocenters. The molecule has 204 valence electrons. The van der Waals surface area contributed by atoms with Crippen molar-refractivity contribution in [2.24, 2.45) is 0 Å². The second-order valence-corrected chi connectivity index (χ2v) is 11.5. The molecule has 0 unspecified atom stereocenters. The van der Waals surface area contributed by atoms with Gasteiger partial charge in [0.1, 0.15) is 12.6 Å². The Labute approximate surface area is 237 Å². The standard InChI is InChI=1S/C34H39N6/c1-25-31-14-17-38-33(31)11-10-32(25)39-34-28(22-37-23-29(34)21-35)9-8-26-6-5-7-27(20-26)24-40(18-3-2-4-19-40)30-12-15-36-16-13-30/h5-11,14,17,20,22-23,30,36,38H,2-4,12-13,15-16,18-19,24H2,1H3,(H,37,39)/q+1/b9-8+. The van der Waals surface area contributed by atoms with Gasteiger partial charge < -0.3 is 20.1 Å². The molecule has 6 nitrogen and oxygen atoms in total. The fraction of sp³-hybridized carbons (Fsp3) is 0.353. The maximum Gasteiger partial charge on any atom is 0.105 e. The number of quaternary nitrogens is 1. The third-order valence-electron chi connectivity index (χ3n) is 9.05. The topological polar surface area (TPSA) is 76.5 Å². The highest BCUT2D eigenvalue weighted by molar-refractivity contribution is 5.90. The first-order chi connectivity index (χ1) is 19.6. The molecule has 2 aromatic carbocycles. The average molecular weight is 532 g/mol. The van der Waals surface area contributed by atoms with Gasteiger partial charge in [-0.25, -0.2) is 0 Å². The molecule has 0 bridgehead atoms. The second kappa shape index (κ2) is 11.7. The van der Waals surface area contributed by atoms with E-state index in [1.807, 2.05) is 12.4 Å². The zero-order valence-corrected chi connectivity index (χ0v) is 23.4. The molecule has 2 aliphatic rings. The highest BCUT2D eigenvalue weighted by Gasteiger charge is 2.38. The lowest BCUT2D eigenvalue weighted by Crippen LogP contribution is -2.59. The lowest BCUT2D eigenvalue weighted by molar-refractivity contribution is -0.968. The Morgan fingerprint density at radius 2 is 1.90 bits per heavy atom. The van der Waals surface area contributed by atoms with E-state index in [0.29, 0.717) is 5.56 Å². The highest BCUT2D eigenvalue weighted by atomic mass is 15.4. The first-order valence-corrected chi connectivity index (χ1v) is 14.7. The van der Waals surface area contributed by atoms with Gasteiger partial charge in [0.15, 0.2) is 0 Å². The van der Waals surface area contributed by atoms with E-state index in [1.54, 1.807) is 6.20 Å². The number of benzene rings is 2. The normalized spacial score (nSPS) is 17.7. The molecule has 0 amide bonds. The van der Waals surface area contributed by atoms with E-state index >= 15 is 0 Å². The third-order valence-corrected chi connectivity index (χ3v) is 9.05. The zero-order valence-electron chi connectivity index (χ0n) is 23.4. The SMILES string of the molecule is Cc1c(Nc2c(C#N)cncc2/C=C/c2cccc(C[N+]3(C4CCNCC4)CCCCC3)c2)ccc2[nH]ccc12. The van der Waals surface area contributed by atoms with Gasteiger partial charge in [-0.15, -0.1) is 0 Å². The van der Waals surface area contributed by atoms with Gasteiger partial charge in [0.2, 0.25) is 0 Å². The van der Waals surface area contributed by atoms with Crippen molar-refractivity contribution in [1.82, 2.24) is 15.3 Å². The van der Waals surface area contributed by atoms with Crippen LogP contribution in [0.3, 0.4) is 0 Å². The number of nitrogens with zero attached hydrogens (tertiary/aromatic N) is 3. The monoisotopic (exact) mass is 531 g/mol. The number of H-pyrrole nitrogens is 1. The molecule has 2 saturated heterocycles. The molecule has 0 aliphatic carbocycles. The van der Waals surface area contributed by atoms with Crippen molar-refractivity contribution in [3.05, 3.63) is 88.9 Å². The smallest absolute Gasteiger partial charge is 0.105 e. The van der Waals surface area contributed by atoms with Crippen LogP contribution in [0.15, 0.2) is 61.1 Å². The number of pyridine rings is 1. The van der Waals surface area contributed by atoms with Crippen LogP contribution in [0, 0.1) is 18.3 Å². The van der Waals surface area contributed by atoms with Gasteiger partial charge in [-0.05, 0) is 61.6 Å². The molecular formula is C34H39N6+. The molecule has 2 aliphatic heterocycles. The van der Waals surface area contributed by atoms with Crippen molar-refractivity contribution in [3.8, 4) is 6.07 Å². The zero-order chi connectivity index (χ0) is 27.4. The van der Waals surface area contributed by atoms with Crippen LogP contribution in [0.5, 0.6) is 0 Å². The Balaban J connectivity index is 1.26. The molecule has 4 aromatic rings. The molecule has 0 spiro atoms. The summed E-state index contributed by atoms with van der Waals surface area (Å²) in [6.45, 7) is 8.14. The van der Waals surface area contributed by atoms with E-state index in [1.165, 1.54) is 66.2 Å². The molecule has 6 heteroatoms. The maximum absolute atomic E-state index is 9.87. The molecule has 3 N–H and O–H groups in total. The van der Waals surface area contributed by atoms with E-state index < -0.39 is 0 Å². The van der Waals surface area contributed by atoms with Crippen LogP contribution in [0.4, 0.5) is 11.4 Å². The predicted molar refractivity (Wildman–Crippen MR) is 164 cm³/mol. The lowest BCUT2D eigenvalue weighted by Gasteiger charge is -2.49. The summed E-state index contributed by atoms with van der Waals surface area (Å²) in [7, 11) is 0. The van der Waals surface area contributed by atoms with Crippen LogP contribution in [-0.2, 0) is 6.54 Å². The number of aryl methyl sites for hydroxylation is 1. The second-order valence-electron chi connectivity index (χ2n) is 11.5. The van der Waals surface area contributed by atoms with E-state index in [9.17, 15) is 5.26 Å². The molecule has 2 fully saturated rings. The first kappa shape index (κ1) is 26.3. The Morgan fingerprint density at radius 3 is 2.73 bits per heavy atom. The van der Waals surface area contributed by atoms with Crippen molar-refractivity contribution >= 4 is 34.4 Å². The summed E-state index contributed by atoms with van der Waals surface area (Å²) in [5, 5.41) is 18.2. The van der Waals surface area contributed by atoms with Gasteiger partial charge >= 0.3 is 0 Å². The van der Waals surface area contributed by atoms with Gasteiger partial charge in [0.05, 0.1) is 30.4 Å². The van der Waals surface area contributed by atoms with Crippen LogP contribution >= 0.6 is 0 Å². The quantitative estimate of drug-likeness (QED) is 0.227. The fourth-order valence-corrected chi connectivity index (χ4v) is 6.87.